The predicted molar refractivity (Wildman–Crippen MR) is 81.3 cm³/mol. The van der Waals surface area contributed by atoms with Crippen LogP contribution in [0.25, 0.3) is 0 Å². The van der Waals surface area contributed by atoms with Gasteiger partial charge in [0.15, 0.2) is 0 Å². The van der Waals surface area contributed by atoms with Crippen LogP contribution in [0, 0.1) is 5.82 Å². The fraction of sp³-hybridized carbons (Fsp3) is 0.250. The normalized spacial score (nSPS) is 12.0. The zero-order valence-corrected chi connectivity index (χ0v) is 13.0. The number of alkyl halides is 1. The van der Waals surface area contributed by atoms with Gasteiger partial charge < -0.3 is 9.47 Å². The van der Waals surface area contributed by atoms with E-state index in [1.165, 1.54) is 6.07 Å². The van der Waals surface area contributed by atoms with E-state index in [1.54, 1.807) is 26.4 Å². The lowest BCUT2D eigenvalue weighted by molar-refractivity contribution is 0.398. The lowest BCUT2D eigenvalue weighted by atomic mass is 10.0. The van der Waals surface area contributed by atoms with E-state index in [9.17, 15) is 4.39 Å². The van der Waals surface area contributed by atoms with Gasteiger partial charge in [-0.25, -0.2) is 4.39 Å². The summed E-state index contributed by atoms with van der Waals surface area (Å²) in [7, 11) is 3.26. The fourth-order valence-electron chi connectivity index (χ4n) is 2.07. The van der Waals surface area contributed by atoms with Gasteiger partial charge in [0.1, 0.15) is 17.3 Å². The molecule has 0 bridgehead atoms. The van der Waals surface area contributed by atoms with Crippen molar-refractivity contribution in [2.24, 2.45) is 0 Å². The van der Waals surface area contributed by atoms with Gasteiger partial charge in [-0.3, -0.25) is 0 Å². The molecule has 1 atom stereocenters. The minimum atomic E-state index is -0.222. The van der Waals surface area contributed by atoms with Crippen LogP contribution < -0.4 is 9.47 Å². The molecule has 1 unspecified atom stereocenters. The highest BCUT2D eigenvalue weighted by atomic mass is 79.9. The van der Waals surface area contributed by atoms with E-state index in [2.05, 4.69) is 15.9 Å². The Balaban J connectivity index is 2.25. The molecule has 0 saturated carbocycles. The molecule has 0 spiro atoms. The molecule has 0 aliphatic carbocycles. The van der Waals surface area contributed by atoms with Crippen LogP contribution in [0.1, 0.15) is 16.0 Å². The fourth-order valence-corrected chi connectivity index (χ4v) is 2.80. The first-order valence-corrected chi connectivity index (χ1v) is 7.16. The van der Waals surface area contributed by atoms with Crippen molar-refractivity contribution >= 4 is 15.9 Å². The highest BCUT2D eigenvalue weighted by Crippen LogP contribution is 2.36. The molecule has 106 valence electrons. The Hall–Kier alpha value is -1.55. The van der Waals surface area contributed by atoms with Crippen LogP contribution in [0.4, 0.5) is 4.39 Å². The summed E-state index contributed by atoms with van der Waals surface area (Å²) in [6.07, 6.45) is 0.668. The molecule has 0 radical (unpaired) electrons. The van der Waals surface area contributed by atoms with E-state index in [0.717, 1.165) is 22.6 Å². The first-order chi connectivity index (χ1) is 9.63. The van der Waals surface area contributed by atoms with Crippen LogP contribution in [0.3, 0.4) is 0 Å². The lowest BCUT2D eigenvalue weighted by Crippen LogP contribution is -2.00. The molecule has 0 amide bonds. The molecular formula is C16H16BrFO2. The monoisotopic (exact) mass is 338 g/mol. The lowest BCUT2D eigenvalue weighted by Gasteiger charge is -2.15. The van der Waals surface area contributed by atoms with Crippen molar-refractivity contribution in [3.63, 3.8) is 0 Å². The summed E-state index contributed by atoms with van der Waals surface area (Å²) in [4.78, 5) is 0.0225. The number of halogens is 2. The molecule has 0 aliphatic rings. The minimum Gasteiger partial charge on any atom is -0.497 e. The van der Waals surface area contributed by atoms with Gasteiger partial charge >= 0.3 is 0 Å². The van der Waals surface area contributed by atoms with Crippen LogP contribution in [0.2, 0.25) is 0 Å². The molecule has 2 aromatic carbocycles. The molecule has 0 fully saturated rings. The second-order valence-corrected chi connectivity index (χ2v) is 5.51. The third-order valence-corrected chi connectivity index (χ3v) is 3.90. The van der Waals surface area contributed by atoms with E-state index in [0.29, 0.717) is 6.42 Å². The maximum absolute atomic E-state index is 13.2. The van der Waals surface area contributed by atoms with Crippen molar-refractivity contribution in [1.29, 1.82) is 0 Å². The average Bonchev–Trinajstić information content (AvgIpc) is 2.46. The number of rotatable bonds is 5. The highest BCUT2D eigenvalue weighted by Gasteiger charge is 2.15. The van der Waals surface area contributed by atoms with Gasteiger partial charge in [-0.2, -0.15) is 0 Å². The summed E-state index contributed by atoms with van der Waals surface area (Å²) in [5.41, 5.74) is 1.91. The van der Waals surface area contributed by atoms with Gasteiger partial charge in [0.25, 0.3) is 0 Å². The second-order valence-electron chi connectivity index (χ2n) is 4.41. The van der Waals surface area contributed by atoms with E-state index in [-0.39, 0.29) is 10.6 Å². The smallest absolute Gasteiger partial charge is 0.123 e. The Morgan fingerprint density at radius 2 is 1.90 bits per heavy atom. The number of methoxy groups -OCH3 is 2. The van der Waals surface area contributed by atoms with Crippen LogP contribution in [0.15, 0.2) is 42.5 Å². The van der Waals surface area contributed by atoms with Gasteiger partial charge in [0.2, 0.25) is 0 Å². The van der Waals surface area contributed by atoms with E-state index < -0.39 is 0 Å². The van der Waals surface area contributed by atoms with Crippen LogP contribution in [-0.4, -0.2) is 14.2 Å². The first kappa shape index (κ1) is 14.9. The third-order valence-electron chi connectivity index (χ3n) is 3.08. The van der Waals surface area contributed by atoms with Crippen molar-refractivity contribution in [3.8, 4) is 11.5 Å². The minimum absolute atomic E-state index is 0.0225. The number of ether oxygens (including phenoxy) is 2. The largest absolute Gasteiger partial charge is 0.497 e. The van der Waals surface area contributed by atoms with Crippen LogP contribution in [-0.2, 0) is 6.42 Å². The Morgan fingerprint density at radius 3 is 2.55 bits per heavy atom. The topological polar surface area (TPSA) is 18.5 Å². The van der Waals surface area contributed by atoms with Crippen molar-refractivity contribution in [1.82, 2.24) is 0 Å². The highest BCUT2D eigenvalue weighted by molar-refractivity contribution is 9.09. The summed E-state index contributed by atoms with van der Waals surface area (Å²) in [6.45, 7) is 0. The Bertz CT molecular complexity index is 586. The maximum atomic E-state index is 13.2. The van der Waals surface area contributed by atoms with Crippen molar-refractivity contribution < 1.29 is 13.9 Å². The molecular weight excluding hydrogens is 323 g/mol. The van der Waals surface area contributed by atoms with E-state index in [1.807, 2.05) is 24.3 Å². The Labute approximate surface area is 126 Å². The molecule has 0 aromatic heterocycles. The van der Waals surface area contributed by atoms with Crippen molar-refractivity contribution in [2.45, 2.75) is 11.2 Å². The van der Waals surface area contributed by atoms with Crippen LogP contribution >= 0.6 is 15.9 Å². The molecule has 0 aliphatic heterocycles. The average molecular weight is 339 g/mol. The van der Waals surface area contributed by atoms with Crippen LogP contribution in [0.5, 0.6) is 11.5 Å². The molecule has 0 N–H and O–H groups in total. The predicted octanol–water partition coefficient (Wildman–Crippen LogP) is 4.52. The third kappa shape index (κ3) is 3.51. The van der Waals surface area contributed by atoms with Gasteiger partial charge in [-0.05, 0) is 42.3 Å². The van der Waals surface area contributed by atoms with Gasteiger partial charge in [-0.15, -0.1) is 0 Å². The number of hydrogen-bond acceptors (Lipinski definition) is 2. The summed E-state index contributed by atoms with van der Waals surface area (Å²) < 4.78 is 23.8. The number of benzene rings is 2. The molecule has 20 heavy (non-hydrogen) atoms. The standard InChI is InChI=1S/C16H16BrFO2/c1-19-13-6-7-16(20-2)14(10-13)15(17)9-11-4-3-5-12(18)8-11/h3-8,10,15H,9H2,1-2H3. The summed E-state index contributed by atoms with van der Waals surface area (Å²) in [5, 5.41) is 0. The summed E-state index contributed by atoms with van der Waals surface area (Å²) >= 11 is 3.64. The van der Waals surface area contributed by atoms with Gasteiger partial charge in [0, 0.05) is 10.4 Å². The molecule has 0 heterocycles. The van der Waals surface area contributed by atoms with Gasteiger partial charge in [-0.1, -0.05) is 28.1 Å². The molecule has 2 aromatic rings. The first-order valence-electron chi connectivity index (χ1n) is 6.24. The Morgan fingerprint density at radius 1 is 1.10 bits per heavy atom. The zero-order valence-electron chi connectivity index (χ0n) is 11.4. The summed E-state index contributed by atoms with van der Waals surface area (Å²) in [6, 6.07) is 12.3. The molecule has 2 nitrogen and oxygen atoms in total. The second kappa shape index (κ2) is 6.75. The van der Waals surface area contributed by atoms with E-state index in [4.69, 9.17) is 9.47 Å². The van der Waals surface area contributed by atoms with E-state index >= 15 is 0 Å². The zero-order chi connectivity index (χ0) is 14.5. The number of hydrogen-bond donors (Lipinski definition) is 0. The molecule has 2 rings (SSSR count). The summed E-state index contributed by atoms with van der Waals surface area (Å²) in [5.74, 6) is 1.33. The van der Waals surface area contributed by atoms with Crippen molar-refractivity contribution in [2.75, 3.05) is 14.2 Å². The maximum Gasteiger partial charge on any atom is 0.123 e. The molecule has 4 heteroatoms. The van der Waals surface area contributed by atoms with Gasteiger partial charge in [0.05, 0.1) is 14.2 Å². The van der Waals surface area contributed by atoms with Crippen molar-refractivity contribution in [3.05, 3.63) is 59.4 Å². The Kier molecular flexibility index (Phi) is 5.01. The molecule has 0 saturated heterocycles. The quantitative estimate of drug-likeness (QED) is 0.746. The SMILES string of the molecule is COc1ccc(OC)c(C(Br)Cc2cccc(F)c2)c1.